The van der Waals surface area contributed by atoms with E-state index in [2.05, 4.69) is 9.97 Å². The number of nitrogen functional groups attached to an aromatic ring is 1. The van der Waals surface area contributed by atoms with Crippen LogP contribution in [0.5, 0.6) is 5.75 Å². The van der Waals surface area contributed by atoms with Gasteiger partial charge in [-0.3, -0.25) is 9.59 Å². The first-order valence-corrected chi connectivity index (χ1v) is 4.91. The number of aromatic nitrogens is 2. The Balaban J connectivity index is 3.15. The summed E-state index contributed by atoms with van der Waals surface area (Å²) in [5, 5.41) is 0. The van der Waals surface area contributed by atoms with Crippen molar-refractivity contribution in [2.45, 2.75) is 0 Å². The van der Waals surface area contributed by atoms with Crippen LogP contribution in [0, 0.1) is 0 Å². The number of carbonyl (C=O) groups is 2. The largest absolute Gasteiger partial charge is 0.490 e. The fourth-order valence-electron chi connectivity index (χ4n) is 1.38. The van der Waals surface area contributed by atoms with Crippen LogP contribution in [-0.4, -0.2) is 42.0 Å². The average Bonchev–Trinajstić information content (AvgIpc) is 2.26. The van der Waals surface area contributed by atoms with Crippen LogP contribution in [0.15, 0.2) is 6.33 Å². The molecule has 18 heavy (non-hydrogen) atoms. The van der Waals surface area contributed by atoms with Crippen molar-refractivity contribution in [2.75, 3.05) is 30.8 Å². The SMILES string of the molecule is COc1c(N)ncnc1N(CC(N)=O)CC(N)=O. The monoisotopic (exact) mass is 254 g/mol. The fourth-order valence-corrected chi connectivity index (χ4v) is 1.38. The molecule has 0 saturated carbocycles. The van der Waals surface area contributed by atoms with Gasteiger partial charge in [-0.25, -0.2) is 9.97 Å². The number of methoxy groups -OCH3 is 1. The van der Waals surface area contributed by atoms with Gasteiger partial charge in [0.25, 0.3) is 0 Å². The molecule has 0 aliphatic carbocycles. The fraction of sp³-hybridized carbons (Fsp3) is 0.333. The molecule has 1 rings (SSSR count). The maximum absolute atomic E-state index is 11.0. The van der Waals surface area contributed by atoms with E-state index in [1.165, 1.54) is 18.3 Å². The molecule has 0 bridgehead atoms. The standard InChI is InChI=1S/C9H14N6O3/c1-18-7-8(12)13-4-14-9(7)15(2-5(10)16)3-6(11)17/h4H,2-3H2,1H3,(H2,10,16)(H2,11,17)(H2,12,13,14). The first-order chi connectivity index (χ1) is 8.45. The van der Waals surface area contributed by atoms with Crippen molar-refractivity contribution in [1.82, 2.24) is 9.97 Å². The van der Waals surface area contributed by atoms with Gasteiger partial charge in [0.1, 0.15) is 6.33 Å². The quantitative estimate of drug-likeness (QED) is 0.523. The molecule has 98 valence electrons. The van der Waals surface area contributed by atoms with E-state index in [4.69, 9.17) is 21.9 Å². The van der Waals surface area contributed by atoms with Crippen molar-refractivity contribution < 1.29 is 14.3 Å². The highest BCUT2D eigenvalue weighted by atomic mass is 16.5. The number of anilines is 2. The second kappa shape index (κ2) is 5.66. The molecule has 2 amide bonds. The molecule has 0 aliphatic rings. The third-order valence-electron chi connectivity index (χ3n) is 2.01. The van der Waals surface area contributed by atoms with E-state index < -0.39 is 11.8 Å². The van der Waals surface area contributed by atoms with Crippen LogP contribution in [-0.2, 0) is 9.59 Å². The average molecular weight is 254 g/mol. The lowest BCUT2D eigenvalue weighted by atomic mass is 10.3. The molecular formula is C9H14N6O3. The smallest absolute Gasteiger partial charge is 0.237 e. The summed E-state index contributed by atoms with van der Waals surface area (Å²) in [6.07, 6.45) is 1.18. The summed E-state index contributed by atoms with van der Waals surface area (Å²) in [7, 11) is 1.37. The van der Waals surface area contributed by atoms with Gasteiger partial charge in [0.15, 0.2) is 11.6 Å². The van der Waals surface area contributed by atoms with E-state index in [1.807, 2.05) is 0 Å². The molecule has 0 aromatic carbocycles. The molecule has 0 fully saturated rings. The number of carbonyl (C=O) groups excluding carboxylic acids is 2. The Labute approximate surface area is 103 Å². The normalized spacial score (nSPS) is 9.83. The molecule has 1 aromatic heterocycles. The van der Waals surface area contributed by atoms with Gasteiger partial charge in [-0.15, -0.1) is 0 Å². The van der Waals surface area contributed by atoms with Gasteiger partial charge in [0.05, 0.1) is 20.2 Å². The predicted molar refractivity (Wildman–Crippen MR) is 63.6 cm³/mol. The molecule has 0 radical (unpaired) electrons. The van der Waals surface area contributed by atoms with Crippen LogP contribution in [0.25, 0.3) is 0 Å². The van der Waals surface area contributed by atoms with Crippen molar-refractivity contribution in [3.63, 3.8) is 0 Å². The first-order valence-electron chi connectivity index (χ1n) is 4.91. The van der Waals surface area contributed by atoms with Gasteiger partial charge in [0.2, 0.25) is 17.6 Å². The molecule has 1 heterocycles. The lowest BCUT2D eigenvalue weighted by Crippen LogP contribution is -2.40. The second-order valence-corrected chi connectivity index (χ2v) is 3.40. The lowest BCUT2D eigenvalue weighted by molar-refractivity contribution is -0.117. The minimum atomic E-state index is -0.643. The number of hydrogen-bond acceptors (Lipinski definition) is 7. The molecule has 0 spiro atoms. The second-order valence-electron chi connectivity index (χ2n) is 3.40. The van der Waals surface area contributed by atoms with Crippen LogP contribution in [0.3, 0.4) is 0 Å². The van der Waals surface area contributed by atoms with Crippen molar-refractivity contribution in [2.24, 2.45) is 11.5 Å². The van der Waals surface area contributed by atoms with Crippen molar-refractivity contribution in [3.05, 3.63) is 6.33 Å². The summed E-state index contributed by atoms with van der Waals surface area (Å²) in [6, 6.07) is 0. The summed E-state index contributed by atoms with van der Waals surface area (Å²) in [6.45, 7) is -0.481. The number of rotatable bonds is 6. The number of hydrogen-bond donors (Lipinski definition) is 3. The van der Waals surface area contributed by atoms with E-state index in [0.717, 1.165) is 0 Å². The minimum absolute atomic E-state index is 0.0847. The third kappa shape index (κ3) is 3.20. The Hall–Kier alpha value is -2.58. The van der Waals surface area contributed by atoms with Crippen molar-refractivity contribution >= 4 is 23.5 Å². The summed E-state index contributed by atoms with van der Waals surface area (Å²) >= 11 is 0. The Bertz CT molecular complexity index is 448. The van der Waals surface area contributed by atoms with E-state index in [-0.39, 0.29) is 30.5 Å². The van der Waals surface area contributed by atoms with E-state index in [0.29, 0.717) is 0 Å². The zero-order valence-corrected chi connectivity index (χ0v) is 9.79. The summed E-state index contributed by atoms with van der Waals surface area (Å²) in [5.41, 5.74) is 15.8. The van der Waals surface area contributed by atoms with Gasteiger partial charge in [-0.2, -0.15) is 0 Å². The first kappa shape index (κ1) is 13.5. The molecule has 0 unspecified atom stereocenters. The molecule has 9 nitrogen and oxygen atoms in total. The number of nitrogens with two attached hydrogens (primary N) is 3. The van der Waals surface area contributed by atoms with Crippen LogP contribution < -0.4 is 26.8 Å². The van der Waals surface area contributed by atoms with E-state index >= 15 is 0 Å². The number of nitrogens with zero attached hydrogens (tertiary/aromatic N) is 3. The predicted octanol–water partition coefficient (Wildman–Crippen LogP) is -2.16. The molecule has 9 heteroatoms. The molecule has 0 aliphatic heterocycles. The van der Waals surface area contributed by atoms with Crippen molar-refractivity contribution in [1.29, 1.82) is 0 Å². The van der Waals surface area contributed by atoms with E-state index in [1.54, 1.807) is 0 Å². The van der Waals surface area contributed by atoms with Gasteiger partial charge in [0, 0.05) is 0 Å². The zero-order chi connectivity index (χ0) is 13.7. The molecule has 0 atom stereocenters. The summed E-state index contributed by atoms with van der Waals surface area (Å²) in [5.74, 6) is -0.866. The number of amides is 2. The van der Waals surface area contributed by atoms with E-state index in [9.17, 15) is 9.59 Å². The molecule has 1 aromatic rings. The number of primary amides is 2. The van der Waals surface area contributed by atoms with Crippen LogP contribution in [0.2, 0.25) is 0 Å². The van der Waals surface area contributed by atoms with Crippen LogP contribution in [0.1, 0.15) is 0 Å². The highest BCUT2D eigenvalue weighted by Crippen LogP contribution is 2.29. The van der Waals surface area contributed by atoms with Gasteiger partial charge in [-0.05, 0) is 0 Å². The third-order valence-corrected chi connectivity index (χ3v) is 2.01. The highest BCUT2D eigenvalue weighted by molar-refractivity contribution is 5.85. The summed E-state index contributed by atoms with van der Waals surface area (Å²) < 4.78 is 5.02. The van der Waals surface area contributed by atoms with Crippen LogP contribution in [0.4, 0.5) is 11.6 Å². The molecule has 0 saturated heterocycles. The number of ether oxygens (including phenoxy) is 1. The van der Waals surface area contributed by atoms with Gasteiger partial charge in [-0.1, -0.05) is 0 Å². The Morgan fingerprint density at radius 3 is 2.28 bits per heavy atom. The van der Waals surface area contributed by atoms with Crippen molar-refractivity contribution in [3.8, 4) is 5.75 Å². The Morgan fingerprint density at radius 1 is 1.28 bits per heavy atom. The maximum atomic E-state index is 11.0. The van der Waals surface area contributed by atoms with Gasteiger partial charge < -0.3 is 26.8 Å². The minimum Gasteiger partial charge on any atom is -0.490 e. The molecule has 6 N–H and O–H groups in total. The highest BCUT2D eigenvalue weighted by Gasteiger charge is 2.20. The zero-order valence-electron chi connectivity index (χ0n) is 9.79. The maximum Gasteiger partial charge on any atom is 0.237 e. The van der Waals surface area contributed by atoms with Crippen LogP contribution >= 0.6 is 0 Å². The lowest BCUT2D eigenvalue weighted by Gasteiger charge is -2.22. The Kier molecular flexibility index (Phi) is 4.24. The Morgan fingerprint density at radius 2 is 1.83 bits per heavy atom. The topological polar surface area (TPSA) is 150 Å². The molecular weight excluding hydrogens is 240 g/mol. The summed E-state index contributed by atoms with van der Waals surface area (Å²) in [4.78, 5) is 30.8. The van der Waals surface area contributed by atoms with Gasteiger partial charge >= 0.3 is 0 Å².